The lowest BCUT2D eigenvalue weighted by molar-refractivity contribution is 0.447. The van der Waals surface area contributed by atoms with Crippen molar-refractivity contribution in [2.45, 2.75) is 20.4 Å². The minimum atomic E-state index is -1.47. The van der Waals surface area contributed by atoms with Gasteiger partial charge in [-0.25, -0.2) is 18.2 Å². The molecule has 0 aliphatic heterocycles. The van der Waals surface area contributed by atoms with Crippen LogP contribution in [0.2, 0.25) is 0 Å². The average molecular weight is 283 g/mol. The van der Waals surface area contributed by atoms with E-state index in [1.807, 2.05) is 0 Å². The second-order valence-corrected chi connectivity index (χ2v) is 5.04. The van der Waals surface area contributed by atoms with Gasteiger partial charge in [-0.05, 0) is 24.6 Å². The van der Waals surface area contributed by atoms with Crippen LogP contribution in [0.15, 0.2) is 18.3 Å². The smallest absolute Gasteiger partial charge is 0.194 e. The van der Waals surface area contributed by atoms with E-state index in [4.69, 9.17) is 0 Å². The number of rotatable bonds is 5. The zero-order chi connectivity index (χ0) is 14.7. The molecule has 0 radical (unpaired) electrons. The first-order valence-electron chi connectivity index (χ1n) is 6.37. The van der Waals surface area contributed by atoms with E-state index in [0.29, 0.717) is 18.3 Å². The molecule has 0 unspecified atom stereocenters. The summed E-state index contributed by atoms with van der Waals surface area (Å²) in [7, 11) is 0. The van der Waals surface area contributed by atoms with Crippen LogP contribution >= 0.6 is 0 Å². The highest BCUT2D eigenvalue weighted by molar-refractivity contribution is 5.55. The molecular formula is C14H16F3N3. The lowest BCUT2D eigenvalue weighted by Gasteiger charge is -2.05. The van der Waals surface area contributed by atoms with Crippen molar-refractivity contribution in [3.63, 3.8) is 0 Å². The summed E-state index contributed by atoms with van der Waals surface area (Å²) >= 11 is 0. The molecule has 0 aliphatic carbocycles. The number of benzene rings is 1. The van der Waals surface area contributed by atoms with E-state index in [1.54, 1.807) is 6.20 Å². The van der Waals surface area contributed by atoms with Gasteiger partial charge in [0.05, 0.1) is 0 Å². The standard InChI is InChI=1S/C14H16F3N3/c1-8(2)5-18-6-10-7-19-14(20-10)9-3-11(15)13(17)12(16)4-9/h3-4,7-8,18H,5-6H2,1-2H3,(H,19,20). The first kappa shape index (κ1) is 14.6. The number of halogens is 3. The van der Waals surface area contributed by atoms with Crippen LogP contribution in [0.1, 0.15) is 19.5 Å². The van der Waals surface area contributed by atoms with Gasteiger partial charge in [0.2, 0.25) is 0 Å². The first-order chi connectivity index (χ1) is 9.47. The summed E-state index contributed by atoms with van der Waals surface area (Å²) in [6, 6.07) is 1.84. The van der Waals surface area contributed by atoms with Crippen LogP contribution < -0.4 is 5.32 Å². The molecule has 0 amide bonds. The highest BCUT2D eigenvalue weighted by atomic mass is 19.2. The monoisotopic (exact) mass is 283 g/mol. The van der Waals surface area contributed by atoms with Crippen LogP contribution in [0.25, 0.3) is 11.4 Å². The lowest BCUT2D eigenvalue weighted by atomic mass is 10.2. The van der Waals surface area contributed by atoms with Crippen molar-refractivity contribution in [2.24, 2.45) is 5.92 Å². The minimum absolute atomic E-state index is 0.177. The Morgan fingerprint density at radius 1 is 1.20 bits per heavy atom. The molecule has 20 heavy (non-hydrogen) atoms. The van der Waals surface area contributed by atoms with E-state index in [2.05, 4.69) is 29.1 Å². The van der Waals surface area contributed by atoms with Gasteiger partial charge in [0, 0.05) is 24.0 Å². The summed E-state index contributed by atoms with van der Waals surface area (Å²) in [6.45, 7) is 5.62. The van der Waals surface area contributed by atoms with E-state index >= 15 is 0 Å². The quantitative estimate of drug-likeness (QED) is 0.827. The van der Waals surface area contributed by atoms with E-state index in [0.717, 1.165) is 24.4 Å². The highest BCUT2D eigenvalue weighted by Gasteiger charge is 2.13. The molecule has 2 N–H and O–H groups in total. The molecule has 0 fully saturated rings. The molecule has 3 nitrogen and oxygen atoms in total. The molecule has 0 saturated carbocycles. The Morgan fingerprint density at radius 3 is 2.45 bits per heavy atom. The third kappa shape index (κ3) is 3.39. The van der Waals surface area contributed by atoms with Crippen LogP contribution in [0.4, 0.5) is 13.2 Å². The Hall–Kier alpha value is -1.82. The molecule has 0 bridgehead atoms. The van der Waals surface area contributed by atoms with Crippen molar-refractivity contribution in [3.05, 3.63) is 41.5 Å². The molecule has 108 valence electrons. The SMILES string of the molecule is CC(C)CNCc1cnc(-c2cc(F)c(F)c(F)c2)[nH]1. The van der Waals surface area contributed by atoms with Gasteiger partial charge in [-0.15, -0.1) is 0 Å². The van der Waals surface area contributed by atoms with Crippen molar-refractivity contribution in [1.29, 1.82) is 0 Å². The van der Waals surface area contributed by atoms with Gasteiger partial charge in [-0.2, -0.15) is 0 Å². The van der Waals surface area contributed by atoms with Gasteiger partial charge < -0.3 is 10.3 Å². The zero-order valence-corrected chi connectivity index (χ0v) is 11.3. The largest absolute Gasteiger partial charge is 0.341 e. The van der Waals surface area contributed by atoms with E-state index in [9.17, 15) is 13.2 Å². The Morgan fingerprint density at radius 2 is 1.85 bits per heavy atom. The van der Waals surface area contributed by atoms with Gasteiger partial charge in [0.15, 0.2) is 17.5 Å². The first-order valence-corrected chi connectivity index (χ1v) is 6.37. The predicted octanol–water partition coefficient (Wildman–Crippen LogP) is 3.24. The number of H-pyrrole nitrogens is 1. The van der Waals surface area contributed by atoms with Crippen molar-refractivity contribution in [3.8, 4) is 11.4 Å². The molecule has 0 saturated heterocycles. The van der Waals surface area contributed by atoms with Crippen molar-refractivity contribution < 1.29 is 13.2 Å². The number of aromatic nitrogens is 2. The Labute approximate surface area is 115 Å². The second kappa shape index (κ2) is 6.09. The summed E-state index contributed by atoms with van der Waals surface area (Å²) in [6.07, 6.45) is 1.59. The third-order valence-corrected chi connectivity index (χ3v) is 2.75. The van der Waals surface area contributed by atoms with Crippen molar-refractivity contribution in [1.82, 2.24) is 15.3 Å². The van der Waals surface area contributed by atoms with Crippen LogP contribution in [0.3, 0.4) is 0 Å². The normalized spacial score (nSPS) is 11.3. The maximum Gasteiger partial charge on any atom is 0.194 e. The molecule has 0 atom stereocenters. The number of nitrogens with zero attached hydrogens (tertiary/aromatic N) is 1. The van der Waals surface area contributed by atoms with Crippen LogP contribution in [-0.4, -0.2) is 16.5 Å². The van der Waals surface area contributed by atoms with Crippen LogP contribution in [-0.2, 0) is 6.54 Å². The van der Waals surface area contributed by atoms with Gasteiger partial charge >= 0.3 is 0 Å². The Balaban J connectivity index is 2.12. The third-order valence-electron chi connectivity index (χ3n) is 2.75. The Bertz CT molecular complexity index is 570. The molecule has 0 aliphatic rings. The maximum atomic E-state index is 13.2. The molecule has 1 aromatic carbocycles. The van der Waals surface area contributed by atoms with Crippen molar-refractivity contribution >= 4 is 0 Å². The molecule has 1 heterocycles. The van der Waals surface area contributed by atoms with Gasteiger partial charge in [0.1, 0.15) is 5.82 Å². The predicted molar refractivity (Wildman–Crippen MR) is 70.4 cm³/mol. The number of imidazole rings is 1. The summed E-state index contributed by atoms with van der Waals surface area (Å²) in [5.74, 6) is -3.09. The second-order valence-electron chi connectivity index (χ2n) is 5.04. The number of hydrogen-bond donors (Lipinski definition) is 2. The molecule has 2 rings (SSSR count). The van der Waals surface area contributed by atoms with E-state index in [1.165, 1.54) is 0 Å². The lowest BCUT2D eigenvalue weighted by Crippen LogP contribution is -2.19. The van der Waals surface area contributed by atoms with Gasteiger partial charge in [0.25, 0.3) is 0 Å². The van der Waals surface area contributed by atoms with Crippen LogP contribution in [0.5, 0.6) is 0 Å². The maximum absolute atomic E-state index is 13.2. The fourth-order valence-corrected chi connectivity index (χ4v) is 1.78. The van der Waals surface area contributed by atoms with Gasteiger partial charge in [-0.3, -0.25) is 0 Å². The summed E-state index contributed by atoms with van der Waals surface area (Å²) < 4.78 is 39.2. The topological polar surface area (TPSA) is 40.7 Å². The molecule has 6 heteroatoms. The summed E-state index contributed by atoms with van der Waals surface area (Å²) in [5, 5.41) is 3.22. The number of hydrogen-bond acceptors (Lipinski definition) is 2. The molecule has 0 spiro atoms. The number of aromatic amines is 1. The fourth-order valence-electron chi connectivity index (χ4n) is 1.78. The molecule has 2 aromatic rings. The summed E-state index contributed by atoms with van der Waals surface area (Å²) in [4.78, 5) is 6.99. The Kier molecular flexibility index (Phi) is 4.44. The van der Waals surface area contributed by atoms with Crippen LogP contribution in [0, 0.1) is 23.4 Å². The van der Waals surface area contributed by atoms with Crippen molar-refractivity contribution in [2.75, 3.05) is 6.54 Å². The molecule has 1 aromatic heterocycles. The van der Waals surface area contributed by atoms with Gasteiger partial charge in [-0.1, -0.05) is 13.8 Å². The van der Waals surface area contributed by atoms with E-state index < -0.39 is 17.5 Å². The number of nitrogens with one attached hydrogen (secondary N) is 2. The highest BCUT2D eigenvalue weighted by Crippen LogP contribution is 2.21. The molecular weight excluding hydrogens is 267 g/mol. The summed E-state index contributed by atoms with van der Waals surface area (Å²) in [5.41, 5.74) is 0.974. The van der Waals surface area contributed by atoms with E-state index in [-0.39, 0.29) is 5.56 Å². The minimum Gasteiger partial charge on any atom is -0.341 e. The zero-order valence-electron chi connectivity index (χ0n) is 11.3. The fraction of sp³-hybridized carbons (Fsp3) is 0.357. The average Bonchev–Trinajstić information content (AvgIpc) is 2.83.